The first-order chi connectivity index (χ1) is 6.68. The smallest absolute Gasteiger partial charge is 0.0406 e. The predicted molar refractivity (Wildman–Crippen MR) is 63.0 cm³/mol. The number of nitrogens with one attached hydrogen (secondary N) is 1. The fourth-order valence-corrected chi connectivity index (χ4v) is 1.33. The average Bonchev–Trinajstić information content (AvgIpc) is 2.15. The Balaban J connectivity index is 2.25. The highest BCUT2D eigenvalue weighted by atomic mass is 35.5. The number of rotatable bonds is 5. The molecule has 0 saturated carbocycles. The van der Waals surface area contributed by atoms with E-state index in [2.05, 4.69) is 11.9 Å². The molecule has 0 bridgehead atoms. The van der Waals surface area contributed by atoms with Crippen molar-refractivity contribution < 1.29 is 0 Å². The fraction of sp³-hybridized carbons (Fsp3) is 0.273. The Kier molecular flexibility index (Phi) is 5.02. The quantitative estimate of drug-likeness (QED) is 0.766. The third-order valence-corrected chi connectivity index (χ3v) is 2.21. The van der Waals surface area contributed by atoms with Gasteiger partial charge in [-0.05, 0) is 30.7 Å². The zero-order chi connectivity index (χ0) is 10.4. The number of hydrogen-bond donors (Lipinski definition) is 1. The van der Waals surface area contributed by atoms with Gasteiger partial charge >= 0.3 is 0 Å². The van der Waals surface area contributed by atoms with Crippen LogP contribution in [0.25, 0.3) is 0 Å². The van der Waals surface area contributed by atoms with Gasteiger partial charge in [0.2, 0.25) is 0 Å². The van der Waals surface area contributed by atoms with Crippen molar-refractivity contribution in [2.45, 2.75) is 6.42 Å². The van der Waals surface area contributed by atoms with Crippen molar-refractivity contribution in [1.82, 2.24) is 5.32 Å². The highest BCUT2D eigenvalue weighted by Crippen LogP contribution is 2.09. The molecule has 0 saturated heterocycles. The van der Waals surface area contributed by atoms with Crippen molar-refractivity contribution in [2.75, 3.05) is 13.1 Å². The van der Waals surface area contributed by atoms with Gasteiger partial charge in [0.05, 0.1) is 0 Å². The van der Waals surface area contributed by atoms with E-state index in [1.54, 1.807) is 0 Å². The van der Waals surface area contributed by atoms with Crippen LogP contribution in [0.2, 0.25) is 5.02 Å². The molecule has 1 nitrogen and oxygen atoms in total. The summed E-state index contributed by atoms with van der Waals surface area (Å²) >= 11 is 11.4. The van der Waals surface area contributed by atoms with Crippen LogP contribution < -0.4 is 5.32 Å². The summed E-state index contributed by atoms with van der Waals surface area (Å²) in [6.07, 6.45) is 0.974. The van der Waals surface area contributed by atoms with Crippen LogP contribution in [-0.4, -0.2) is 13.1 Å². The Labute approximate surface area is 94.7 Å². The van der Waals surface area contributed by atoms with Gasteiger partial charge in [-0.3, -0.25) is 0 Å². The van der Waals surface area contributed by atoms with E-state index in [1.807, 2.05) is 24.3 Å². The van der Waals surface area contributed by atoms with Crippen LogP contribution in [0.1, 0.15) is 5.56 Å². The second-order valence-electron chi connectivity index (χ2n) is 3.07. The van der Waals surface area contributed by atoms with Gasteiger partial charge < -0.3 is 5.32 Å². The highest BCUT2D eigenvalue weighted by molar-refractivity contribution is 6.30. The summed E-state index contributed by atoms with van der Waals surface area (Å²) in [5, 5.41) is 4.60. The highest BCUT2D eigenvalue weighted by Gasteiger charge is 1.93. The molecule has 0 aliphatic rings. The first-order valence-corrected chi connectivity index (χ1v) is 5.22. The summed E-state index contributed by atoms with van der Waals surface area (Å²) in [6, 6.07) is 7.85. The van der Waals surface area contributed by atoms with Gasteiger partial charge in [0, 0.05) is 16.6 Å². The molecule has 76 valence electrons. The summed E-state index contributed by atoms with van der Waals surface area (Å²) in [7, 11) is 0. The van der Waals surface area contributed by atoms with Crippen molar-refractivity contribution in [3.63, 3.8) is 0 Å². The predicted octanol–water partition coefficient (Wildman–Crippen LogP) is 3.22. The molecule has 1 aromatic carbocycles. The van der Waals surface area contributed by atoms with Gasteiger partial charge in [0.1, 0.15) is 0 Å². The number of hydrogen-bond acceptors (Lipinski definition) is 1. The topological polar surface area (TPSA) is 12.0 Å². The summed E-state index contributed by atoms with van der Waals surface area (Å²) in [5.74, 6) is 0. The molecule has 0 heterocycles. The second-order valence-corrected chi connectivity index (χ2v) is 4.04. The molecule has 0 spiro atoms. The molecule has 0 fully saturated rings. The van der Waals surface area contributed by atoms with Gasteiger partial charge in [-0.2, -0.15) is 0 Å². The van der Waals surface area contributed by atoms with Crippen molar-refractivity contribution in [3.05, 3.63) is 46.5 Å². The summed E-state index contributed by atoms with van der Waals surface area (Å²) in [6.45, 7) is 5.15. The van der Waals surface area contributed by atoms with Crippen LogP contribution in [0.3, 0.4) is 0 Å². The Morgan fingerprint density at radius 3 is 2.50 bits per heavy atom. The Morgan fingerprint density at radius 2 is 1.93 bits per heavy atom. The molecule has 0 aliphatic carbocycles. The van der Waals surface area contributed by atoms with E-state index in [-0.39, 0.29) is 0 Å². The van der Waals surface area contributed by atoms with Crippen LogP contribution >= 0.6 is 23.2 Å². The second kappa shape index (κ2) is 6.07. The van der Waals surface area contributed by atoms with E-state index in [9.17, 15) is 0 Å². The summed E-state index contributed by atoms with van der Waals surface area (Å²) in [4.78, 5) is 0. The molecule has 1 N–H and O–H groups in total. The standard InChI is InChI=1S/C11H13Cl2N/c1-9(12)8-14-7-6-10-2-4-11(13)5-3-10/h2-5,14H,1,6-8H2. The third-order valence-electron chi connectivity index (χ3n) is 1.82. The van der Waals surface area contributed by atoms with Crippen LogP contribution in [0.4, 0.5) is 0 Å². The largest absolute Gasteiger partial charge is 0.311 e. The molecular formula is C11H13Cl2N. The van der Waals surface area contributed by atoms with Gasteiger partial charge in [-0.25, -0.2) is 0 Å². The van der Waals surface area contributed by atoms with E-state index in [0.717, 1.165) is 18.0 Å². The lowest BCUT2D eigenvalue weighted by Crippen LogP contribution is -2.18. The maximum Gasteiger partial charge on any atom is 0.0406 e. The van der Waals surface area contributed by atoms with E-state index in [0.29, 0.717) is 11.6 Å². The molecule has 1 rings (SSSR count). The minimum atomic E-state index is 0.640. The van der Waals surface area contributed by atoms with Gasteiger partial charge in [-0.1, -0.05) is 41.9 Å². The van der Waals surface area contributed by atoms with E-state index < -0.39 is 0 Å². The molecule has 0 unspecified atom stereocenters. The Bertz CT molecular complexity index is 293. The molecule has 1 aromatic rings. The van der Waals surface area contributed by atoms with E-state index >= 15 is 0 Å². The lowest BCUT2D eigenvalue weighted by atomic mass is 10.1. The van der Waals surface area contributed by atoms with Crippen molar-refractivity contribution >= 4 is 23.2 Å². The molecule has 0 aliphatic heterocycles. The van der Waals surface area contributed by atoms with Crippen molar-refractivity contribution in [1.29, 1.82) is 0 Å². The van der Waals surface area contributed by atoms with E-state index in [1.165, 1.54) is 5.56 Å². The average molecular weight is 230 g/mol. The van der Waals surface area contributed by atoms with Gasteiger partial charge in [0.15, 0.2) is 0 Å². The Hall–Kier alpha value is -0.500. The minimum absolute atomic E-state index is 0.640. The monoisotopic (exact) mass is 229 g/mol. The zero-order valence-electron chi connectivity index (χ0n) is 7.89. The Morgan fingerprint density at radius 1 is 1.29 bits per heavy atom. The molecule has 0 amide bonds. The van der Waals surface area contributed by atoms with Crippen LogP contribution in [0.5, 0.6) is 0 Å². The van der Waals surface area contributed by atoms with Gasteiger partial charge in [-0.15, -0.1) is 0 Å². The zero-order valence-corrected chi connectivity index (χ0v) is 9.41. The van der Waals surface area contributed by atoms with E-state index in [4.69, 9.17) is 23.2 Å². The summed E-state index contributed by atoms with van der Waals surface area (Å²) in [5.41, 5.74) is 1.27. The fourth-order valence-electron chi connectivity index (χ4n) is 1.11. The maximum absolute atomic E-state index is 5.77. The maximum atomic E-state index is 5.77. The SMILES string of the molecule is C=C(Cl)CNCCc1ccc(Cl)cc1. The van der Waals surface area contributed by atoms with Crippen molar-refractivity contribution in [2.24, 2.45) is 0 Å². The first-order valence-electron chi connectivity index (χ1n) is 4.47. The lowest BCUT2D eigenvalue weighted by molar-refractivity contribution is 0.740. The van der Waals surface area contributed by atoms with Crippen LogP contribution in [0.15, 0.2) is 35.9 Å². The molecule has 0 radical (unpaired) electrons. The molecule has 0 aromatic heterocycles. The van der Waals surface area contributed by atoms with Gasteiger partial charge in [0.25, 0.3) is 0 Å². The molecule has 0 atom stereocenters. The normalized spacial score (nSPS) is 10.1. The van der Waals surface area contributed by atoms with Crippen LogP contribution in [0, 0.1) is 0 Å². The number of benzene rings is 1. The summed E-state index contributed by atoms with van der Waals surface area (Å²) < 4.78 is 0. The number of halogens is 2. The van der Waals surface area contributed by atoms with Crippen LogP contribution in [-0.2, 0) is 6.42 Å². The molecule has 14 heavy (non-hydrogen) atoms. The molecular weight excluding hydrogens is 217 g/mol. The minimum Gasteiger partial charge on any atom is -0.311 e. The van der Waals surface area contributed by atoms with Crippen molar-refractivity contribution in [3.8, 4) is 0 Å². The lowest BCUT2D eigenvalue weighted by Gasteiger charge is -2.03. The third kappa shape index (κ3) is 4.66. The molecule has 3 heteroatoms. The first kappa shape index (κ1) is 11.6.